The number of hydrogen-bond acceptors (Lipinski definition) is 4. The third-order valence-corrected chi connectivity index (χ3v) is 6.50. The number of piperidine rings is 1. The molecule has 1 aliphatic carbocycles. The average molecular weight is 354 g/mol. The molecule has 1 unspecified atom stereocenters. The Hall–Kier alpha value is -2.21. The summed E-state index contributed by atoms with van der Waals surface area (Å²) in [6.45, 7) is 2.04. The molecule has 1 spiro atoms. The Kier molecular flexibility index (Phi) is 3.41. The fourth-order valence-corrected chi connectivity index (χ4v) is 5.19. The van der Waals surface area contributed by atoms with E-state index in [-0.39, 0.29) is 11.2 Å². The van der Waals surface area contributed by atoms with Crippen molar-refractivity contribution in [3.63, 3.8) is 0 Å². The standard InChI is InChI=1S/C19H19FN4S/c20-15-4-2-13(3-5-15)16-11-25-18(22-16)24-9-1-7-19(12-24)8-6-14-10-21-23-17(14)19/h2-5,10-11H,1,6-9,12H2,(H,21,23). The predicted molar refractivity (Wildman–Crippen MR) is 97.5 cm³/mol. The number of hydrogen-bond donors (Lipinski definition) is 1. The summed E-state index contributed by atoms with van der Waals surface area (Å²) in [5.74, 6) is -0.214. The Morgan fingerprint density at radius 3 is 2.96 bits per heavy atom. The normalized spacial score (nSPS) is 22.5. The summed E-state index contributed by atoms with van der Waals surface area (Å²) >= 11 is 1.68. The van der Waals surface area contributed by atoms with Gasteiger partial charge in [-0.25, -0.2) is 9.37 Å². The van der Waals surface area contributed by atoms with E-state index in [1.807, 2.05) is 6.20 Å². The highest BCUT2D eigenvalue weighted by Gasteiger charge is 2.44. The second-order valence-corrected chi connectivity index (χ2v) is 7.93. The van der Waals surface area contributed by atoms with Crippen LogP contribution < -0.4 is 4.90 Å². The third kappa shape index (κ3) is 2.47. The topological polar surface area (TPSA) is 44.8 Å². The van der Waals surface area contributed by atoms with Crippen LogP contribution in [0.5, 0.6) is 0 Å². The monoisotopic (exact) mass is 354 g/mol. The van der Waals surface area contributed by atoms with E-state index in [9.17, 15) is 4.39 Å². The highest BCUT2D eigenvalue weighted by atomic mass is 32.1. The Balaban J connectivity index is 1.42. The van der Waals surface area contributed by atoms with Gasteiger partial charge in [-0.15, -0.1) is 11.3 Å². The summed E-state index contributed by atoms with van der Waals surface area (Å²) < 4.78 is 13.1. The molecular formula is C19H19FN4S. The molecule has 0 amide bonds. The fraction of sp³-hybridized carbons (Fsp3) is 0.368. The molecule has 0 radical (unpaired) electrons. The Morgan fingerprint density at radius 2 is 2.08 bits per heavy atom. The number of rotatable bonds is 2. The number of thiazole rings is 1. The minimum Gasteiger partial charge on any atom is -0.347 e. The summed E-state index contributed by atoms with van der Waals surface area (Å²) in [7, 11) is 0. The zero-order valence-corrected chi connectivity index (χ0v) is 14.7. The van der Waals surface area contributed by atoms with Crippen molar-refractivity contribution in [1.82, 2.24) is 15.2 Å². The lowest BCUT2D eigenvalue weighted by atomic mass is 9.78. The number of benzene rings is 1. The van der Waals surface area contributed by atoms with Crippen LogP contribution in [0.3, 0.4) is 0 Å². The van der Waals surface area contributed by atoms with Gasteiger partial charge in [-0.05, 0) is 55.5 Å². The van der Waals surface area contributed by atoms with E-state index in [1.54, 1.807) is 23.5 Å². The summed E-state index contributed by atoms with van der Waals surface area (Å²) in [5.41, 5.74) is 4.81. The van der Waals surface area contributed by atoms with Crippen molar-refractivity contribution in [2.24, 2.45) is 0 Å². The van der Waals surface area contributed by atoms with Crippen molar-refractivity contribution in [3.8, 4) is 11.3 Å². The minimum atomic E-state index is -0.214. The molecule has 1 atom stereocenters. The van der Waals surface area contributed by atoms with Gasteiger partial charge < -0.3 is 4.90 Å². The SMILES string of the molecule is Fc1ccc(-c2csc(N3CCCC4(CCc5cn[nH]c54)C3)n2)cc1. The minimum absolute atomic E-state index is 0.200. The smallest absolute Gasteiger partial charge is 0.185 e. The molecule has 5 rings (SSSR count). The van der Waals surface area contributed by atoms with Crippen molar-refractivity contribution in [2.45, 2.75) is 31.1 Å². The molecule has 1 aliphatic heterocycles. The van der Waals surface area contributed by atoms with E-state index in [4.69, 9.17) is 4.98 Å². The predicted octanol–water partition coefficient (Wildman–Crippen LogP) is 4.16. The van der Waals surface area contributed by atoms with E-state index in [1.165, 1.54) is 42.7 Å². The van der Waals surface area contributed by atoms with Gasteiger partial charge in [0.05, 0.1) is 11.9 Å². The molecule has 3 heterocycles. The lowest BCUT2D eigenvalue weighted by Crippen LogP contribution is -2.45. The van der Waals surface area contributed by atoms with Crippen LogP contribution in [0.25, 0.3) is 11.3 Å². The summed E-state index contributed by atoms with van der Waals surface area (Å²) in [6.07, 6.45) is 6.69. The maximum absolute atomic E-state index is 13.1. The summed E-state index contributed by atoms with van der Waals surface area (Å²) in [4.78, 5) is 7.24. The lowest BCUT2D eigenvalue weighted by molar-refractivity contribution is 0.332. The molecule has 0 saturated carbocycles. The highest BCUT2D eigenvalue weighted by Crippen LogP contribution is 2.45. The molecule has 1 N–H and O–H groups in total. The number of nitrogens with one attached hydrogen (secondary N) is 1. The number of anilines is 1. The number of nitrogens with zero attached hydrogens (tertiary/aromatic N) is 3. The van der Waals surface area contributed by atoms with Crippen LogP contribution in [0, 0.1) is 5.82 Å². The Morgan fingerprint density at radius 1 is 1.20 bits per heavy atom. The van der Waals surface area contributed by atoms with Crippen molar-refractivity contribution >= 4 is 16.5 Å². The van der Waals surface area contributed by atoms with E-state index < -0.39 is 0 Å². The first kappa shape index (κ1) is 15.1. The second kappa shape index (κ2) is 5.66. The van der Waals surface area contributed by atoms with Crippen LogP contribution >= 0.6 is 11.3 Å². The molecular weight excluding hydrogens is 335 g/mol. The van der Waals surface area contributed by atoms with Crippen molar-refractivity contribution < 1.29 is 4.39 Å². The Labute approximate surface area is 149 Å². The summed E-state index contributed by atoms with van der Waals surface area (Å²) in [5, 5.41) is 10.6. The largest absolute Gasteiger partial charge is 0.347 e. The van der Waals surface area contributed by atoms with E-state index in [0.29, 0.717) is 0 Å². The van der Waals surface area contributed by atoms with Crippen LogP contribution in [0.1, 0.15) is 30.5 Å². The van der Waals surface area contributed by atoms with Gasteiger partial charge in [0.2, 0.25) is 0 Å². The maximum Gasteiger partial charge on any atom is 0.185 e. The van der Waals surface area contributed by atoms with E-state index in [2.05, 4.69) is 20.5 Å². The van der Waals surface area contributed by atoms with Gasteiger partial charge in [0.25, 0.3) is 0 Å². The zero-order valence-electron chi connectivity index (χ0n) is 13.8. The van der Waals surface area contributed by atoms with Gasteiger partial charge in [-0.3, -0.25) is 5.10 Å². The molecule has 0 bridgehead atoms. The van der Waals surface area contributed by atoms with Crippen molar-refractivity contribution in [2.75, 3.05) is 18.0 Å². The van der Waals surface area contributed by atoms with Crippen LogP contribution in [-0.2, 0) is 11.8 Å². The first-order valence-electron chi connectivity index (χ1n) is 8.73. The van der Waals surface area contributed by atoms with Gasteiger partial charge in [0, 0.05) is 35.1 Å². The number of fused-ring (bicyclic) bond motifs is 2. The molecule has 1 saturated heterocycles. The number of aryl methyl sites for hydroxylation is 1. The quantitative estimate of drug-likeness (QED) is 0.752. The van der Waals surface area contributed by atoms with Crippen LogP contribution in [0.2, 0.25) is 0 Å². The number of aromatic amines is 1. The highest BCUT2D eigenvalue weighted by molar-refractivity contribution is 7.14. The van der Waals surface area contributed by atoms with Crippen molar-refractivity contribution in [3.05, 3.63) is 52.9 Å². The number of aromatic nitrogens is 3. The average Bonchev–Trinajstić information content (AvgIpc) is 3.35. The third-order valence-electron chi connectivity index (χ3n) is 5.60. The molecule has 2 aromatic heterocycles. The second-order valence-electron chi connectivity index (χ2n) is 7.10. The van der Waals surface area contributed by atoms with Gasteiger partial charge in [0.1, 0.15) is 5.82 Å². The van der Waals surface area contributed by atoms with E-state index >= 15 is 0 Å². The van der Waals surface area contributed by atoms with Crippen LogP contribution in [0.15, 0.2) is 35.8 Å². The van der Waals surface area contributed by atoms with Crippen LogP contribution in [-0.4, -0.2) is 28.3 Å². The lowest BCUT2D eigenvalue weighted by Gasteiger charge is -2.40. The van der Waals surface area contributed by atoms with Gasteiger partial charge in [-0.2, -0.15) is 5.10 Å². The molecule has 1 aromatic carbocycles. The van der Waals surface area contributed by atoms with Gasteiger partial charge >= 0.3 is 0 Å². The molecule has 2 aliphatic rings. The maximum atomic E-state index is 13.1. The molecule has 6 heteroatoms. The first-order valence-corrected chi connectivity index (χ1v) is 9.61. The first-order chi connectivity index (χ1) is 12.2. The molecule has 1 fully saturated rings. The molecule has 128 valence electrons. The number of halogens is 1. The molecule has 25 heavy (non-hydrogen) atoms. The zero-order chi connectivity index (χ0) is 16.9. The summed E-state index contributed by atoms with van der Waals surface area (Å²) in [6, 6.07) is 6.56. The Bertz CT molecular complexity index is 900. The van der Waals surface area contributed by atoms with Crippen LogP contribution in [0.4, 0.5) is 9.52 Å². The fourth-order valence-electron chi connectivity index (χ4n) is 4.32. The molecule has 4 nitrogen and oxygen atoms in total. The van der Waals surface area contributed by atoms with Gasteiger partial charge in [-0.1, -0.05) is 0 Å². The van der Waals surface area contributed by atoms with E-state index in [0.717, 1.165) is 35.9 Å². The van der Waals surface area contributed by atoms with Crippen molar-refractivity contribution in [1.29, 1.82) is 0 Å². The van der Waals surface area contributed by atoms with Gasteiger partial charge in [0.15, 0.2) is 5.13 Å². The molecule has 3 aromatic rings. The number of H-pyrrole nitrogens is 1.